The average molecular weight is 273 g/mol. The van der Waals surface area contributed by atoms with Gasteiger partial charge in [-0.05, 0) is 42.4 Å². The van der Waals surface area contributed by atoms with E-state index in [0.29, 0.717) is 11.5 Å². The molecule has 3 nitrogen and oxygen atoms in total. The molecule has 1 N–H and O–H groups in total. The van der Waals surface area contributed by atoms with Gasteiger partial charge in [0.15, 0.2) is 0 Å². The summed E-state index contributed by atoms with van der Waals surface area (Å²) in [6.45, 7) is 2.24. The molecule has 1 aromatic rings. The van der Waals surface area contributed by atoms with Gasteiger partial charge in [-0.15, -0.1) is 0 Å². The van der Waals surface area contributed by atoms with Crippen molar-refractivity contribution < 1.29 is 10.1 Å². The van der Waals surface area contributed by atoms with Crippen LogP contribution in [0.15, 0.2) is 24.3 Å². The van der Waals surface area contributed by atoms with E-state index in [1.807, 2.05) is 12.1 Å². The molecule has 0 aromatic heterocycles. The fraction of sp³-hybridized carbons (Fsp3) is 0.588. The van der Waals surface area contributed by atoms with Crippen LogP contribution in [0.4, 0.5) is 0 Å². The van der Waals surface area contributed by atoms with Gasteiger partial charge in [0.25, 0.3) is 0 Å². The van der Waals surface area contributed by atoms with Crippen molar-refractivity contribution in [2.75, 3.05) is 0 Å². The molecule has 0 bridgehead atoms. The van der Waals surface area contributed by atoms with Gasteiger partial charge in [0, 0.05) is 0 Å². The normalized spacial score (nSPS) is 24.1. The minimum atomic E-state index is -0.259. The molecule has 3 heteroatoms. The Balaban J connectivity index is 2.00. The fourth-order valence-electron chi connectivity index (χ4n) is 3.35. The molecule has 1 aliphatic carbocycles. The Morgan fingerprint density at radius 3 is 2.40 bits per heavy atom. The quantitative estimate of drug-likeness (QED) is 0.625. The van der Waals surface area contributed by atoms with Crippen molar-refractivity contribution in [1.29, 1.82) is 5.26 Å². The molecule has 1 aliphatic rings. The van der Waals surface area contributed by atoms with E-state index in [1.54, 1.807) is 12.1 Å². The summed E-state index contributed by atoms with van der Waals surface area (Å²) in [5.74, 6) is 1.22. The minimum Gasteiger partial charge on any atom is -0.251 e. The van der Waals surface area contributed by atoms with Crippen LogP contribution in [0.2, 0.25) is 0 Å². The molecule has 1 fully saturated rings. The Bertz CT molecular complexity index is 441. The molecule has 20 heavy (non-hydrogen) atoms. The summed E-state index contributed by atoms with van der Waals surface area (Å²) in [5.41, 5.74) is 1.60. The van der Waals surface area contributed by atoms with Gasteiger partial charge in [-0.1, -0.05) is 44.7 Å². The second-order valence-corrected chi connectivity index (χ2v) is 5.83. The zero-order valence-electron chi connectivity index (χ0n) is 12.1. The molecule has 1 atom stereocenters. The molecular formula is C17H23NO2. The Labute approximate surface area is 121 Å². The van der Waals surface area contributed by atoms with E-state index in [2.05, 4.69) is 13.0 Å². The molecule has 2 rings (SSSR count). The number of rotatable bonds is 5. The van der Waals surface area contributed by atoms with E-state index in [1.165, 1.54) is 25.7 Å². The minimum absolute atomic E-state index is 0.259. The molecule has 1 saturated carbocycles. The van der Waals surface area contributed by atoms with E-state index < -0.39 is 0 Å². The van der Waals surface area contributed by atoms with E-state index in [0.717, 1.165) is 24.3 Å². The summed E-state index contributed by atoms with van der Waals surface area (Å²) in [6.07, 6.45) is 6.99. The fourth-order valence-corrected chi connectivity index (χ4v) is 3.35. The standard InChI is InChI=1S/C17H23NO2/c1-2-3-13-4-8-15(9-5-13)17(20-19)16-10-6-14(12-18)7-11-16/h6-7,10-11,13,15,17,19H,2-5,8-9H2,1H3. The van der Waals surface area contributed by atoms with Crippen molar-refractivity contribution in [3.63, 3.8) is 0 Å². The predicted octanol–water partition coefficient (Wildman–Crippen LogP) is 4.70. The first-order valence-electron chi connectivity index (χ1n) is 7.58. The van der Waals surface area contributed by atoms with E-state index in [-0.39, 0.29) is 6.10 Å². The molecule has 108 valence electrons. The highest BCUT2D eigenvalue weighted by Crippen LogP contribution is 2.39. The van der Waals surface area contributed by atoms with Gasteiger partial charge in [0.2, 0.25) is 0 Å². The molecule has 0 spiro atoms. The number of hydrogen-bond donors (Lipinski definition) is 1. The Kier molecular flexibility index (Phi) is 5.58. The third-order valence-electron chi connectivity index (χ3n) is 4.50. The van der Waals surface area contributed by atoms with Crippen molar-refractivity contribution in [2.24, 2.45) is 11.8 Å². The smallest absolute Gasteiger partial charge is 0.120 e. The van der Waals surface area contributed by atoms with Crippen LogP contribution < -0.4 is 0 Å². The van der Waals surface area contributed by atoms with E-state index in [4.69, 9.17) is 10.1 Å². The second-order valence-electron chi connectivity index (χ2n) is 5.83. The molecule has 0 radical (unpaired) electrons. The Morgan fingerprint density at radius 2 is 1.90 bits per heavy atom. The van der Waals surface area contributed by atoms with Crippen molar-refractivity contribution in [3.8, 4) is 6.07 Å². The maximum Gasteiger partial charge on any atom is 0.120 e. The number of nitrogens with zero attached hydrogens (tertiary/aromatic N) is 1. The zero-order valence-corrected chi connectivity index (χ0v) is 12.1. The SMILES string of the molecule is CCCC1CCC(C(OO)c2ccc(C#N)cc2)CC1. The maximum absolute atomic E-state index is 9.26. The van der Waals surface area contributed by atoms with Crippen LogP contribution in [0, 0.1) is 23.2 Å². The summed E-state index contributed by atoms with van der Waals surface area (Å²) >= 11 is 0. The van der Waals surface area contributed by atoms with Gasteiger partial charge < -0.3 is 0 Å². The molecular weight excluding hydrogens is 250 g/mol. The highest BCUT2D eigenvalue weighted by atomic mass is 17.1. The summed E-state index contributed by atoms with van der Waals surface area (Å²) in [6, 6.07) is 9.44. The molecule has 0 heterocycles. The van der Waals surface area contributed by atoms with Crippen molar-refractivity contribution in [2.45, 2.75) is 51.6 Å². The summed E-state index contributed by atoms with van der Waals surface area (Å²) in [7, 11) is 0. The Hall–Kier alpha value is -1.37. The van der Waals surface area contributed by atoms with Gasteiger partial charge in [0.05, 0.1) is 11.6 Å². The number of nitriles is 1. The van der Waals surface area contributed by atoms with Crippen LogP contribution in [0.1, 0.15) is 62.7 Å². The lowest BCUT2D eigenvalue weighted by atomic mass is 9.76. The molecule has 0 saturated heterocycles. The lowest BCUT2D eigenvalue weighted by Crippen LogP contribution is -2.22. The van der Waals surface area contributed by atoms with Crippen molar-refractivity contribution in [1.82, 2.24) is 0 Å². The summed E-state index contributed by atoms with van der Waals surface area (Å²) in [4.78, 5) is 4.76. The van der Waals surface area contributed by atoms with Crippen LogP contribution >= 0.6 is 0 Å². The first kappa shape index (κ1) is 15.0. The third-order valence-corrected chi connectivity index (χ3v) is 4.50. The molecule has 1 unspecified atom stereocenters. The number of hydrogen-bond acceptors (Lipinski definition) is 3. The third kappa shape index (κ3) is 3.59. The van der Waals surface area contributed by atoms with Crippen LogP contribution in [0.3, 0.4) is 0 Å². The summed E-state index contributed by atoms with van der Waals surface area (Å²) < 4.78 is 0. The van der Waals surface area contributed by atoms with Gasteiger partial charge in [-0.3, -0.25) is 5.26 Å². The molecule has 0 amide bonds. The topological polar surface area (TPSA) is 53.2 Å². The lowest BCUT2D eigenvalue weighted by molar-refractivity contribution is -0.296. The van der Waals surface area contributed by atoms with E-state index in [9.17, 15) is 5.26 Å². The lowest BCUT2D eigenvalue weighted by Gasteiger charge is -2.32. The van der Waals surface area contributed by atoms with Crippen LogP contribution in [0.25, 0.3) is 0 Å². The monoisotopic (exact) mass is 273 g/mol. The van der Waals surface area contributed by atoms with Crippen molar-refractivity contribution in [3.05, 3.63) is 35.4 Å². The van der Waals surface area contributed by atoms with Gasteiger partial charge in [-0.2, -0.15) is 5.26 Å². The largest absolute Gasteiger partial charge is 0.251 e. The highest BCUT2D eigenvalue weighted by molar-refractivity contribution is 5.32. The first-order valence-corrected chi connectivity index (χ1v) is 7.58. The van der Waals surface area contributed by atoms with Gasteiger partial charge in [0.1, 0.15) is 6.10 Å². The van der Waals surface area contributed by atoms with E-state index >= 15 is 0 Å². The maximum atomic E-state index is 9.26. The van der Waals surface area contributed by atoms with Crippen molar-refractivity contribution >= 4 is 0 Å². The van der Waals surface area contributed by atoms with Gasteiger partial charge in [-0.25, -0.2) is 4.89 Å². The number of benzene rings is 1. The summed E-state index contributed by atoms with van der Waals surface area (Å²) in [5, 5.41) is 18.1. The molecule has 0 aliphatic heterocycles. The predicted molar refractivity (Wildman–Crippen MR) is 78.0 cm³/mol. The van der Waals surface area contributed by atoms with Gasteiger partial charge >= 0.3 is 0 Å². The van der Waals surface area contributed by atoms with Crippen LogP contribution in [-0.4, -0.2) is 5.26 Å². The highest BCUT2D eigenvalue weighted by Gasteiger charge is 2.29. The van der Waals surface area contributed by atoms with Crippen LogP contribution in [0.5, 0.6) is 0 Å². The van der Waals surface area contributed by atoms with Crippen LogP contribution in [-0.2, 0) is 4.89 Å². The first-order chi connectivity index (χ1) is 9.78. The second kappa shape index (κ2) is 7.42. The Morgan fingerprint density at radius 1 is 1.25 bits per heavy atom. The average Bonchev–Trinajstić information content (AvgIpc) is 2.51. The zero-order chi connectivity index (χ0) is 14.4. The molecule has 1 aromatic carbocycles.